The summed E-state index contributed by atoms with van der Waals surface area (Å²) in [6, 6.07) is 3.28. The fourth-order valence-electron chi connectivity index (χ4n) is 1.75. The van der Waals surface area contributed by atoms with Crippen molar-refractivity contribution < 1.29 is 4.39 Å². The lowest BCUT2D eigenvalue weighted by atomic mass is 10.2. The van der Waals surface area contributed by atoms with E-state index in [1.807, 2.05) is 17.7 Å². The van der Waals surface area contributed by atoms with E-state index in [1.165, 1.54) is 6.07 Å². The van der Waals surface area contributed by atoms with E-state index in [-0.39, 0.29) is 5.82 Å². The lowest BCUT2D eigenvalue weighted by Gasteiger charge is -2.07. The van der Waals surface area contributed by atoms with Gasteiger partial charge in [-0.1, -0.05) is 6.92 Å². The van der Waals surface area contributed by atoms with Crippen molar-refractivity contribution in [3.8, 4) is 5.69 Å². The molecule has 0 saturated heterocycles. The third-order valence-electron chi connectivity index (χ3n) is 2.71. The maximum Gasteiger partial charge on any atom is 0.137 e. The number of aryl methyl sites for hydroxylation is 1. The van der Waals surface area contributed by atoms with Gasteiger partial charge < -0.3 is 9.88 Å². The molecule has 1 aromatic carbocycles. The highest BCUT2D eigenvalue weighted by atomic mass is 79.9. The molecular weight excluding hydrogens is 297 g/mol. The van der Waals surface area contributed by atoms with Gasteiger partial charge in [0.25, 0.3) is 0 Å². The van der Waals surface area contributed by atoms with Gasteiger partial charge in [-0.05, 0) is 47.1 Å². The molecule has 3 nitrogen and oxygen atoms in total. The molecule has 0 unspecified atom stereocenters. The molecule has 0 aliphatic carbocycles. The molecule has 2 aromatic rings. The summed E-state index contributed by atoms with van der Waals surface area (Å²) in [6.07, 6.45) is 3.70. The Hall–Kier alpha value is -1.20. The number of halogens is 2. The van der Waals surface area contributed by atoms with Crippen LogP contribution in [-0.2, 0) is 6.54 Å². The Morgan fingerprint density at radius 2 is 2.22 bits per heavy atom. The van der Waals surface area contributed by atoms with Crippen LogP contribution < -0.4 is 5.32 Å². The predicted octanol–water partition coefficient (Wildman–Crippen LogP) is 3.19. The van der Waals surface area contributed by atoms with Crippen LogP contribution in [0.5, 0.6) is 0 Å². The molecule has 0 amide bonds. The van der Waals surface area contributed by atoms with Crippen molar-refractivity contribution in [1.82, 2.24) is 14.9 Å². The minimum Gasteiger partial charge on any atom is -0.311 e. The summed E-state index contributed by atoms with van der Waals surface area (Å²) >= 11 is 3.21. The van der Waals surface area contributed by atoms with E-state index < -0.39 is 0 Å². The standard InChI is InChI=1S/C13H15BrFN3/c1-3-16-6-10-7-18(8-17-10)13-5-11(14)12(15)4-9(13)2/h4-5,7-8,16H,3,6H2,1-2H3. The summed E-state index contributed by atoms with van der Waals surface area (Å²) < 4.78 is 15.7. The first kappa shape index (κ1) is 13.2. The van der Waals surface area contributed by atoms with E-state index in [9.17, 15) is 4.39 Å². The number of nitrogens with one attached hydrogen (secondary N) is 1. The van der Waals surface area contributed by atoms with E-state index in [1.54, 1.807) is 12.4 Å². The molecule has 2 rings (SSSR count). The Labute approximate surface area is 114 Å². The Balaban J connectivity index is 2.31. The molecule has 1 N–H and O–H groups in total. The first-order valence-corrected chi connectivity index (χ1v) is 6.60. The molecule has 18 heavy (non-hydrogen) atoms. The van der Waals surface area contributed by atoms with Crippen LogP contribution in [0.1, 0.15) is 18.2 Å². The SMILES string of the molecule is CCNCc1cn(-c2cc(Br)c(F)cc2C)cn1. The largest absolute Gasteiger partial charge is 0.311 e. The molecule has 96 valence electrons. The average molecular weight is 312 g/mol. The van der Waals surface area contributed by atoms with Gasteiger partial charge in [0.15, 0.2) is 0 Å². The first-order valence-electron chi connectivity index (χ1n) is 5.81. The Kier molecular flexibility index (Phi) is 4.14. The van der Waals surface area contributed by atoms with Crippen LogP contribution in [0, 0.1) is 12.7 Å². The Morgan fingerprint density at radius 1 is 1.44 bits per heavy atom. The smallest absolute Gasteiger partial charge is 0.137 e. The molecule has 0 saturated carbocycles. The minimum absolute atomic E-state index is 0.246. The van der Waals surface area contributed by atoms with Crippen LogP contribution in [-0.4, -0.2) is 16.1 Å². The first-order chi connectivity index (χ1) is 8.61. The molecule has 0 aliphatic rings. The van der Waals surface area contributed by atoms with Crippen LogP contribution in [0.3, 0.4) is 0 Å². The number of hydrogen-bond acceptors (Lipinski definition) is 2. The van der Waals surface area contributed by atoms with E-state index in [0.29, 0.717) is 4.47 Å². The van der Waals surface area contributed by atoms with E-state index >= 15 is 0 Å². The van der Waals surface area contributed by atoms with Gasteiger partial charge in [-0.2, -0.15) is 0 Å². The summed E-state index contributed by atoms with van der Waals surface area (Å²) in [5.74, 6) is -0.246. The van der Waals surface area contributed by atoms with E-state index in [4.69, 9.17) is 0 Å². The topological polar surface area (TPSA) is 29.9 Å². The van der Waals surface area contributed by atoms with Crippen LogP contribution in [0.25, 0.3) is 5.69 Å². The number of aromatic nitrogens is 2. The zero-order chi connectivity index (χ0) is 13.1. The molecule has 0 spiro atoms. The third-order valence-corrected chi connectivity index (χ3v) is 3.32. The highest BCUT2D eigenvalue weighted by Gasteiger charge is 2.08. The summed E-state index contributed by atoms with van der Waals surface area (Å²) in [7, 11) is 0. The van der Waals surface area contributed by atoms with Gasteiger partial charge in [0.2, 0.25) is 0 Å². The lowest BCUT2D eigenvalue weighted by molar-refractivity contribution is 0.619. The van der Waals surface area contributed by atoms with Gasteiger partial charge >= 0.3 is 0 Å². The van der Waals surface area contributed by atoms with Gasteiger partial charge in [0.1, 0.15) is 5.82 Å². The zero-order valence-electron chi connectivity index (χ0n) is 10.4. The normalized spacial score (nSPS) is 10.9. The maximum atomic E-state index is 13.4. The predicted molar refractivity (Wildman–Crippen MR) is 73.3 cm³/mol. The molecular formula is C13H15BrFN3. The van der Waals surface area contributed by atoms with Crippen LogP contribution in [0.2, 0.25) is 0 Å². The number of nitrogens with zero attached hydrogens (tertiary/aromatic N) is 2. The second-order valence-electron chi connectivity index (χ2n) is 4.11. The molecule has 1 aromatic heterocycles. The van der Waals surface area contributed by atoms with Crippen molar-refractivity contribution in [1.29, 1.82) is 0 Å². The fraction of sp³-hybridized carbons (Fsp3) is 0.308. The summed E-state index contributed by atoms with van der Waals surface area (Å²) in [5, 5.41) is 3.22. The van der Waals surface area contributed by atoms with Crippen molar-refractivity contribution in [2.24, 2.45) is 0 Å². The zero-order valence-corrected chi connectivity index (χ0v) is 12.0. The molecule has 0 radical (unpaired) electrons. The van der Waals surface area contributed by atoms with Crippen molar-refractivity contribution in [3.05, 3.63) is 46.2 Å². The summed E-state index contributed by atoms with van der Waals surface area (Å²) in [4.78, 5) is 4.31. The van der Waals surface area contributed by atoms with Gasteiger partial charge in [0.05, 0.1) is 22.2 Å². The van der Waals surface area contributed by atoms with Gasteiger partial charge in [-0.15, -0.1) is 0 Å². The molecule has 0 fully saturated rings. The monoisotopic (exact) mass is 311 g/mol. The van der Waals surface area contributed by atoms with Gasteiger partial charge in [0, 0.05) is 12.7 Å². The highest BCUT2D eigenvalue weighted by molar-refractivity contribution is 9.10. The number of imidazole rings is 1. The van der Waals surface area contributed by atoms with Gasteiger partial charge in [-0.3, -0.25) is 0 Å². The van der Waals surface area contributed by atoms with Crippen LogP contribution in [0.4, 0.5) is 4.39 Å². The maximum absolute atomic E-state index is 13.4. The Morgan fingerprint density at radius 3 is 2.94 bits per heavy atom. The third kappa shape index (κ3) is 2.79. The van der Waals surface area contributed by atoms with Crippen molar-refractivity contribution >= 4 is 15.9 Å². The number of rotatable bonds is 4. The van der Waals surface area contributed by atoms with E-state index in [0.717, 1.165) is 30.0 Å². The Bertz CT molecular complexity index is 551. The van der Waals surface area contributed by atoms with E-state index in [2.05, 4.69) is 33.2 Å². The quantitative estimate of drug-likeness (QED) is 0.939. The number of benzene rings is 1. The number of hydrogen-bond donors (Lipinski definition) is 1. The molecule has 5 heteroatoms. The second-order valence-corrected chi connectivity index (χ2v) is 4.96. The summed E-state index contributed by atoms with van der Waals surface area (Å²) in [5.41, 5.74) is 2.78. The molecule has 0 atom stereocenters. The fourth-order valence-corrected chi connectivity index (χ4v) is 2.08. The molecule has 1 heterocycles. The molecule has 0 aliphatic heterocycles. The van der Waals surface area contributed by atoms with Crippen LogP contribution >= 0.6 is 15.9 Å². The van der Waals surface area contributed by atoms with Gasteiger partial charge in [-0.25, -0.2) is 9.37 Å². The average Bonchev–Trinajstić information content (AvgIpc) is 2.79. The van der Waals surface area contributed by atoms with Crippen molar-refractivity contribution in [2.75, 3.05) is 6.54 Å². The highest BCUT2D eigenvalue weighted by Crippen LogP contribution is 2.23. The minimum atomic E-state index is -0.246. The van der Waals surface area contributed by atoms with Crippen molar-refractivity contribution in [3.63, 3.8) is 0 Å². The second kappa shape index (κ2) is 5.63. The molecule has 0 bridgehead atoms. The van der Waals surface area contributed by atoms with Crippen LogP contribution in [0.15, 0.2) is 29.1 Å². The lowest BCUT2D eigenvalue weighted by Crippen LogP contribution is -2.11. The van der Waals surface area contributed by atoms with Crippen molar-refractivity contribution in [2.45, 2.75) is 20.4 Å². The summed E-state index contributed by atoms with van der Waals surface area (Å²) in [6.45, 7) is 5.59.